The van der Waals surface area contributed by atoms with Crippen molar-refractivity contribution < 1.29 is 23.7 Å². The minimum Gasteiger partial charge on any atom is -0.505 e. The molecule has 27 heavy (non-hydrogen) atoms. The normalized spacial score (nSPS) is 28.5. The first-order valence-corrected chi connectivity index (χ1v) is 10.0. The molecule has 2 aliphatic heterocycles. The van der Waals surface area contributed by atoms with Gasteiger partial charge in [0.1, 0.15) is 17.5 Å². The Bertz CT molecular complexity index is 877. The van der Waals surface area contributed by atoms with Crippen LogP contribution >= 0.6 is 22.9 Å². The molecule has 2 aliphatic rings. The molecule has 3 atom stereocenters. The van der Waals surface area contributed by atoms with Gasteiger partial charge in [0.2, 0.25) is 0 Å². The molecule has 0 aliphatic carbocycles. The number of nitrogens with zero attached hydrogens (tertiary/aromatic N) is 1. The summed E-state index contributed by atoms with van der Waals surface area (Å²) in [6.45, 7) is 3.13. The van der Waals surface area contributed by atoms with Crippen LogP contribution in [0.2, 0.25) is 4.34 Å². The van der Waals surface area contributed by atoms with E-state index in [-0.39, 0.29) is 24.8 Å². The van der Waals surface area contributed by atoms with E-state index in [0.29, 0.717) is 29.8 Å². The van der Waals surface area contributed by atoms with Crippen molar-refractivity contribution in [3.63, 3.8) is 0 Å². The zero-order valence-corrected chi connectivity index (χ0v) is 16.3. The highest BCUT2D eigenvalue weighted by Gasteiger charge is 2.46. The van der Waals surface area contributed by atoms with E-state index < -0.39 is 29.1 Å². The van der Waals surface area contributed by atoms with Gasteiger partial charge in [-0.25, -0.2) is 8.78 Å². The first-order chi connectivity index (χ1) is 12.8. The molecule has 0 saturated carbocycles. The lowest BCUT2D eigenvalue weighted by Crippen LogP contribution is -2.50. The van der Waals surface area contributed by atoms with Crippen molar-refractivity contribution in [2.45, 2.75) is 44.1 Å². The van der Waals surface area contributed by atoms with Gasteiger partial charge in [-0.2, -0.15) is 0 Å². The van der Waals surface area contributed by atoms with Crippen LogP contribution in [0.3, 0.4) is 0 Å². The van der Waals surface area contributed by atoms with Gasteiger partial charge in [0.15, 0.2) is 11.6 Å². The predicted octanol–water partition coefficient (Wildman–Crippen LogP) is 4.33. The van der Waals surface area contributed by atoms with Crippen molar-refractivity contribution in [1.29, 1.82) is 0 Å². The smallest absolute Gasteiger partial charge is 0.168 e. The molecule has 0 amide bonds. The number of hydrogen-bond acceptors (Lipinski definition) is 5. The summed E-state index contributed by atoms with van der Waals surface area (Å²) in [4.78, 5) is 3.04. The Morgan fingerprint density at radius 1 is 1.37 bits per heavy atom. The molecule has 1 saturated heterocycles. The third-order valence-corrected chi connectivity index (χ3v) is 7.02. The van der Waals surface area contributed by atoms with Gasteiger partial charge in [-0.15, -0.1) is 11.3 Å². The summed E-state index contributed by atoms with van der Waals surface area (Å²) in [5.41, 5.74) is 0.564. The number of likely N-dealkylation sites (tertiary alicyclic amines) is 1. The first-order valence-electron chi connectivity index (χ1n) is 8.82. The molecule has 0 unspecified atom stereocenters. The lowest BCUT2D eigenvalue weighted by atomic mass is 9.81. The van der Waals surface area contributed by atoms with E-state index >= 15 is 0 Å². The number of aromatic hydroxyl groups is 1. The number of phenolic OH excluding ortho intramolecular Hbond substituents is 1. The average molecular weight is 416 g/mol. The maximum Gasteiger partial charge on any atom is 0.168 e. The second-order valence-electron chi connectivity index (χ2n) is 7.33. The summed E-state index contributed by atoms with van der Waals surface area (Å²) < 4.78 is 33.9. The monoisotopic (exact) mass is 415 g/mol. The molecular weight excluding hydrogens is 396 g/mol. The van der Waals surface area contributed by atoms with Gasteiger partial charge in [0.05, 0.1) is 10.9 Å². The third-order valence-electron chi connectivity index (χ3n) is 5.55. The van der Waals surface area contributed by atoms with E-state index in [0.717, 1.165) is 10.4 Å². The third kappa shape index (κ3) is 3.36. The van der Waals surface area contributed by atoms with Crippen molar-refractivity contribution >= 4 is 22.9 Å². The van der Waals surface area contributed by atoms with Gasteiger partial charge in [0.25, 0.3) is 0 Å². The van der Waals surface area contributed by atoms with E-state index in [1.165, 1.54) is 17.4 Å². The van der Waals surface area contributed by atoms with E-state index in [9.17, 15) is 19.0 Å². The minimum atomic E-state index is -0.950. The number of aliphatic hydroxyl groups is 1. The van der Waals surface area contributed by atoms with Crippen molar-refractivity contribution in [1.82, 2.24) is 4.90 Å². The lowest BCUT2D eigenvalue weighted by molar-refractivity contribution is -0.139. The second kappa shape index (κ2) is 6.97. The molecule has 1 aromatic carbocycles. The largest absolute Gasteiger partial charge is 0.505 e. The predicted molar refractivity (Wildman–Crippen MR) is 99.0 cm³/mol. The molecule has 2 aromatic rings. The Kier molecular flexibility index (Phi) is 4.93. The molecule has 2 N–H and O–H groups in total. The molecule has 4 nitrogen and oxygen atoms in total. The van der Waals surface area contributed by atoms with E-state index in [4.69, 9.17) is 16.3 Å². The fourth-order valence-corrected chi connectivity index (χ4v) is 5.63. The van der Waals surface area contributed by atoms with Gasteiger partial charge < -0.3 is 14.9 Å². The zero-order valence-electron chi connectivity index (χ0n) is 14.7. The quantitative estimate of drug-likeness (QED) is 0.766. The molecule has 8 heteroatoms. The van der Waals surface area contributed by atoms with Crippen LogP contribution in [-0.4, -0.2) is 34.3 Å². The molecule has 1 aromatic heterocycles. The molecular formula is C19H20ClF2NO3S. The Balaban J connectivity index is 1.56. The van der Waals surface area contributed by atoms with Crippen LogP contribution in [0.1, 0.15) is 41.9 Å². The molecule has 146 valence electrons. The van der Waals surface area contributed by atoms with E-state index in [1.807, 2.05) is 6.92 Å². The van der Waals surface area contributed by atoms with Gasteiger partial charge in [-0.3, -0.25) is 4.90 Å². The first kappa shape index (κ1) is 19.1. The molecule has 4 rings (SSSR count). The van der Waals surface area contributed by atoms with Crippen molar-refractivity contribution in [3.05, 3.63) is 50.2 Å². The number of thiophene rings is 1. The fourth-order valence-electron chi connectivity index (χ4n) is 4.15. The maximum atomic E-state index is 13.6. The molecule has 3 heterocycles. The Morgan fingerprint density at radius 3 is 2.89 bits per heavy atom. The van der Waals surface area contributed by atoms with Crippen LogP contribution < -0.4 is 0 Å². The SMILES string of the molecule is C[C@H]1C[C@@]2(CCN1Cc1cc(F)cc(F)c1O)OC[C@H](O)c1cc(Cl)sc12. The van der Waals surface area contributed by atoms with Gasteiger partial charge in [-0.05, 0) is 31.9 Å². The Morgan fingerprint density at radius 2 is 2.15 bits per heavy atom. The van der Waals surface area contributed by atoms with Crippen molar-refractivity contribution in [3.8, 4) is 5.75 Å². The number of piperidine rings is 1. The minimum absolute atomic E-state index is 0.0495. The van der Waals surface area contributed by atoms with Crippen LogP contribution in [0, 0.1) is 11.6 Å². The van der Waals surface area contributed by atoms with Crippen LogP contribution in [0.25, 0.3) is 0 Å². The molecule has 1 spiro atoms. The van der Waals surface area contributed by atoms with E-state index in [1.54, 1.807) is 6.07 Å². The van der Waals surface area contributed by atoms with Crippen LogP contribution in [0.15, 0.2) is 18.2 Å². The Hall–Kier alpha value is -1.25. The number of phenols is 1. The summed E-state index contributed by atoms with van der Waals surface area (Å²) in [6, 6.07) is 3.70. The summed E-state index contributed by atoms with van der Waals surface area (Å²) >= 11 is 7.62. The number of rotatable bonds is 2. The topological polar surface area (TPSA) is 52.9 Å². The van der Waals surface area contributed by atoms with Crippen molar-refractivity contribution in [2.75, 3.05) is 13.2 Å². The highest BCUT2D eigenvalue weighted by molar-refractivity contribution is 7.16. The lowest BCUT2D eigenvalue weighted by Gasteiger charge is -2.47. The number of benzene rings is 1. The van der Waals surface area contributed by atoms with Gasteiger partial charge in [-0.1, -0.05) is 11.6 Å². The van der Waals surface area contributed by atoms with Gasteiger partial charge >= 0.3 is 0 Å². The number of aliphatic hydroxyl groups excluding tert-OH is 1. The molecule has 0 radical (unpaired) electrons. The summed E-state index contributed by atoms with van der Waals surface area (Å²) in [5.74, 6) is -2.16. The number of ether oxygens (including phenoxy) is 1. The molecule has 0 bridgehead atoms. The number of fused-ring (bicyclic) bond motifs is 2. The maximum absolute atomic E-state index is 13.6. The average Bonchev–Trinajstić information content (AvgIpc) is 3.02. The second-order valence-corrected chi connectivity index (χ2v) is 9.01. The van der Waals surface area contributed by atoms with Crippen LogP contribution in [0.5, 0.6) is 5.75 Å². The summed E-state index contributed by atoms with van der Waals surface area (Å²) in [6.07, 6.45) is 0.670. The standard InChI is InChI=1S/C19H20ClF2NO3S/c1-10-7-19(18-13(6-16(20)27-18)15(24)9-26-19)2-3-23(10)8-11-4-12(21)5-14(22)17(11)25/h4-6,10,15,24-25H,2-3,7-9H2,1H3/t10-,15-,19+/m0/s1. The van der Waals surface area contributed by atoms with Crippen molar-refractivity contribution in [2.24, 2.45) is 0 Å². The Labute approximate surface area is 164 Å². The number of halogens is 3. The highest BCUT2D eigenvalue weighted by Crippen LogP contribution is 2.50. The summed E-state index contributed by atoms with van der Waals surface area (Å²) in [5, 5.41) is 20.1. The number of hydrogen-bond donors (Lipinski definition) is 2. The van der Waals surface area contributed by atoms with E-state index in [2.05, 4.69) is 4.90 Å². The highest BCUT2D eigenvalue weighted by atomic mass is 35.5. The molecule has 1 fully saturated rings. The summed E-state index contributed by atoms with van der Waals surface area (Å²) in [7, 11) is 0. The van der Waals surface area contributed by atoms with Gasteiger partial charge in [0, 0.05) is 41.2 Å². The zero-order chi connectivity index (χ0) is 19.3. The van der Waals surface area contributed by atoms with Crippen LogP contribution in [0.4, 0.5) is 8.78 Å². The van der Waals surface area contributed by atoms with Crippen LogP contribution in [-0.2, 0) is 16.9 Å². The fraction of sp³-hybridized carbons (Fsp3) is 0.474.